The third kappa shape index (κ3) is 4.93. The summed E-state index contributed by atoms with van der Waals surface area (Å²) < 4.78 is 26.1. The van der Waals surface area contributed by atoms with Gasteiger partial charge in [-0.05, 0) is 41.3 Å². The highest BCUT2D eigenvalue weighted by Crippen LogP contribution is 2.29. The maximum absolute atomic E-state index is 13.2. The van der Waals surface area contributed by atoms with Crippen molar-refractivity contribution >= 4 is 21.6 Å². The molecule has 0 radical (unpaired) electrons. The lowest BCUT2D eigenvalue weighted by molar-refractivity contribution is -0.131. The molecule has 0 unspecified atom stereocenters. The van der Waals surface area contributed by atoms with Crippen molar-refractivity contribution in [1.82, 2.24) is 9.80 Å². The molecule has 32 heavy (non-hydrogen) atoms. The molecule has 1 amide bonds. The third-order valence-corrected chi connectivity index (χ3v) is 7.30. The lowest BCUT2D eigenvalue weighted by atomic mass is 10.0. The van der Waals surface area contributed by atoms with Crippen molar-refractivity contribution in [3.05, 3.63) is 64.7 Å². The predicted molar refractivity (Wildman–Crippen MR) is 120 cm³/mol. The first-order chi connectivity index (χ1) is 15.2. The van der Waals surface area contributed by atoms with E-state index in [-0.39, 0.29) is 30.2 Å². The molecule has 168 valence electrons. The van der Waals surface area contributed by atoms with Crippen molar-refractivity contribution in [2.75, 3.05) is 31.4 Å². The number of aliphatic hydroxyl groups is 1. The highest BCUT2D eigenvalue weighted by molar-refractivity contribution is 7.92. The first-order valence-corrected chi connectivity index (χ1v) is 12.2. The Morgan fingerprint density at radius 1 is 1.34 bits per heavy atom. The summed E-state index contributed by atoms with van der Waals surface area (Å²) >= 11 is 0. The number of amides is 1. The molecular weight excluding hydrogens is 428 g/mol. The number of nitrogens with zero attached hydrogens (tertiary/aromatic N) is 3. The first kappa shape index (κ1) is 22.3. The van der Waals surface area contributed by atoms with Gasteiger partial charge in [0.2, 0.25) is 15.9 Å². The number of aliphatic hydroxyl groups excluding tert-OH is 1. The van der Waals surface area contributed by atoms with Gasteiger partial charge in [0.15, 0.2) is 0 Å². The lowest BCUT2D eigenvalue weighted by Gasteiger charge is -2.32. The summed E-state index contributed by atoms with van der Waals surface area (Å²) in [6.45, 7) is 1.86. The summed E-state index contributed by atoms with van der Waals surface area (Å²) in [4.78, 5) is 17.0. The molecule has 9 heteroatoms. The van der Waals surface area contributed by atoms with Crippen LogP contribution < -0.4 is 4.72 Å². The quantitative estimate of drug-likeness (QED) is 0.686. The fourth-order valence-corrected chi connectivity index (χ4v) is 5.58. The number of rotatable bonds is 6. The Labute approximate surface area is 188 Å². The number of benzene rings is 2. The van der Waals surface area contributed by atoms with Gasteiger partial charge in [0.1, 0.15) is 0 Å². The van der Waals surface area contributed by atoms with Crippen molar-refractivity contribution in [1.29, 1.82) is 5.26 Å². The number of likely N-dealkylation sites (tertiary alicyclic amines) is 1. The number of fused-ring (bicyclic) bond motifs is 1. The van der Waals surface area contributed by atoms with Crippen LogP contribution in [0.2, 0.25) is 0 Å². The zero-order valence-corrected chi connectivity index (χ0v) is 18.7. The van der Waals surface area contributed by atoms with Crippen LogP contribution in [-0.2, 0) is 27.0 Å². The highest BCUT2D eigenvalue weighted by Gasteiger charge is 2.29. The minimum Gasteiger partial charge on any atom is -0.392 e. The zero-order chi connectivity index (χ0) is 22.9. The minimum absolute atomic E-state index is 0.0462. The second-order valence-corrected chi connectivity index (χ2v) is 10.2. The van der Waals surface area contributed by atoms with Gasteiger partial charge < -0.3 is 10.0 Å². The Kier molecular flexibility index (Phi) is 6.20. The van der Waals surface area contributed by atoms with E-state index >= 15 is 0 Å². The molecule has 0 aliphatic carbocycles. The number of β-amino-alcohol motifs (C(OH)–C–C–N with tert-alkyl or cyclic N) is 1. The summed E-state index contributed by atoms with van der Waals surface area (Å²) in [5, 5.41) is 19.2. The van der Waals surface area contributed by atoms with Gasteiger partial charge in [-0.25, -0.2) is 8.42 Å². The second-order valence-electron chi connectivity index (χ2n) is 8.49. The van der Waals surface area contributed by atoms with Crippen LogP contribution in [0.1, 0.15) is 34.7 Å². The van der Waals surface area contributed by atoms with E-state index in [0.29, 0.717) is 36.3 Å². The Balaban J connectivity index is 1.54. The van der Waals surface area contributed by atoms with Gasteiger partial charge in [0, 0.05) is 26.7 Å². The maximum Gasteiger partial charge on any atom is 0.237 e. The number of carbonyl (C=O) groups excluding carboxylic acids is 1. The highest BCUT2D eigenvalue weighted by atomic mass is 32.2. The zero-order valence-electron chi connectivity index (χ0n) is 17.9. The number of nitriles is 1. The molecule has 2 heterocycles. The van der Waals surface area contributed by atoms with Crippen LogP contribution in [0.5, 0.6) is 0 Å². The van der Waals surface area contributed by atoms with Crippen molar-refractivity contribution in [2.45, 2.75) is 30.7 Å². The van der Waals surface area contributed by atoms with Crippen molar-refractivity contribution < 1.29 is 18.3 Å². The predicted octanol–water partition coefficient (Wildman–Crippen LogP) is 1.62. The minimum atomic E-state index is -3.34. The van der Waals surface area contributed by atoms with E-state index in [9.17, 15) is 23.6 Å². The molecule has 2 aliphatic rings. The van der Waals surface area contributed by atoms with Gasteiger partial charge >= 0.3 is 0 Å². The van der Waals surface area contributed by atoms with Crippen molar-refractivity contribution in [3.8, 4) is 6.07 Å². The number of carbonyl (C=O) groups is 1. The van der Waals surface area contributed by atoms with Crippen molar-refractivity contribution in [2.24, 2.45) is 0 Å². The number of sulfonamides is 1. The maximum atomic E-state index is 13.2. The molecule has 2 aromatic rings. The van der Waals surface area contributed by atoms with Gasteiger partial charge in [-0.3, -0.25) is 14.4 Å². The smallest absolute Gasteiger partial charge is 0.237 e. The standard InChI is InChI=1S/C23H26N4O4S/c1-26(23(29)11-16-5-6-19-15-32(30,31)25-21(19)10-16)22(14-27-8-7-20(28)13-27)18-4-2-3-17(9-18)12-24/h2-6,9-10,20,22,25,28H,7-8,11,13-15H2,1H3/t20-,22+/m0/s1. The summed E-state index contributed by atoms with van der Waals surface area (Å²) in [6.07, 6.45) is 0.466. The van der Waals surface area contributed by atoms with Gasteiger partial charge in [0.05, 0.1) is 41.6 Å². The van der Waals surface area contributed by atoms with Crippen LogP contribution >= 0.6 is 0 Å². The van der Waals surface area contributed by atoms with Crippen molar-refractivity contribution in [3.63, 3.8) is 0 Å². The molecular formula is C23H26N4O4S. The topological polar surface area (TPSA) is 114 Å². The van der Waals surface area contributed by atoms with E-state index in [0.717, 1.165) is 17.7 Å². The second kappa shape index (κ2) is 8.90. The van der Waals surface area contributed by atoms with E-state index < -0.39 is 10.0 Å². The van der Waals surface area contributed by atoms with Crippen LogP contribution in [0.4, 0.5) is 5.69 Å². The third-order valence-electron chi connectivity index (χ3n) is 6.08. The Bertz CT molecular complexity index is 1170. The molecule has 4 rings (SSSR count). The van der Waals surface area contributed by atoms with E-state index in [2.05, 4.69) is 15.7 Å². The molecule has 0 saturated carbocycles. The molecule has 0 spiro atoms. The number of anilines is 1. The average molecular weight is 455 g/mol. The molecule has 1 fully saturated rings. The van der Waals surface area contributed by atoms with E-state index in [1.807, 2.05) is 12.1 Å². The number of likely N-dealkylation sites (N-methyl/N-ethyl adjacent to an activating group) is 1. The van der Waals surface area contributed by atoms with E-state index in [1.54, 1.807) is 42.3 Å². The van der Waals surface area contributed by atoms with Gasteiger partial charge in [-0.15, -0.1) is 0 Å². The van der Waals surface area contributed by atoms with Crippen LogP contribution in [0, 0.1) is 11.3 Å². The summed E-state index contributed by atoms with van der Waals surface area (Å²) in [5.41, 5.74) is 3.35. The van der Waals surface area contributed by atoms with Gasteiger partial charge in [-0.2, -0.15) is 5.26 Å². The van der Waals surface area contributed by atoms with Gasteiger partial charge in [-0.1, -0.05) is 24.3 Å². The number of hydrogen-bond acceptors (Lipinski definition) is 6. The van der Waals surface area contributed by atoms with Crippen LogP contribution in [-0.4, -0.2) is 62.0 Å². The SMILES string of the molecule is CN(C(=O)Cc1ccc2c(c1)NS(=O)(=O)C2)[C@H](CN1CC[C@H](O)C1)c1cccc(C#N)c1. The number of nitrogens with one attached hydrogen (secondary N) is 1. The lowest BCUT2D eigenvalue weighted by Crippen LogP contribution is -2.39. The Hall–Kier alpha value is -2.93. The molecule has 2 atom stereocenters. The fourth-order valence-electron chi connectivity index (χ4n) is 4.33. The fraction of sp³-hybridized carbons (Fsp3) is 0.391. The Morgan fingerprint density at radius 2 is 2.16 bits per heavy atom. The van der Waals surface area contributed by atoms with E-state index in [1.165, 1.54) is 0 Å². The molecule has 8 nitrogen and oxygen atoms in total. The van der Waals surface area contributed by atoms with Crippen LogP contribution in [0.3, 0.4) is 0 Å². The first-order valence-electron chi connectivity index (χ1n) is 10.5. The summed E-state index contributed by atoms with van der Waals surface area (Å²) in [6, 6.07) is 14.4. The van der Waals surface area contributed by atoms with E-state index in [4.69, 9.17) is 0 Å². The monoisotopic (exact) mass is 454 g/mol. The molecule has 1 saturated heterocycles. The molecule has 0 bridgehead atoms. The summed E-state index contributed by atoms with van der Waals surface area (Å²) in [7, 11) is -1.59. The normalized spacial score (nSPS) is 20.2. The number of hydrogen-bond donors (Lipinski definition) is 2. The largest absolute Gasteiger partial charge is 0.392 e. The Morgan fingerprint density at radius 3 is 2.88 bits per heavy atom. The molecule has 2 N–H and O–H groups in total. The molecule has 2 aromatic carbocycles. The van der Waals surface area contributed by atoms with Crippen LogP contribution in [0.15, 0.2) is 42.5 Å². The molecule has 2 aliphatic heterocycles. The van der Waals surface area contributed by atoms with Gasteiger partial charge in [0.25, 0.3) is 0 Å². The summed E-state index contributed by atoms with van der Waals surface area (Å²) in [5.74, 6) is -0.159. The molecule has 0 aromatic heterocycles. The van der Waals surface area contributed by atoms with Crippen LogP contribution in [0.25, 0.3) is 0 Å². The average Bonchev–Trinajstić information content (AvgIpc) is 3.31.